The third kappa shape index (κ3) is 4.78. The lowest BCUT2D eigenvalue weighted by atomic mass is 10.2. The molecule has 0 atom stereocenters. The molecule has 0 saturated carbocycles. The highest BCUT2D eigenvalue weighted by atomic mass is 35.5. The number of hydrogen-bond acceptors (Lipinski definition) is 4. The second-order valence-corrected chi connectivity index (χ2v) is 7.97. The van der Waals surface area contributed by atoms with Gasteiger partial charge >= 0.3 is 0 Å². The molecule has 2 aromatic carbocycles. The van der Waals surface area contributed by atoms with Gasteiger partial charge in [0.15, 0.2) is 0 Å². The second-order valence-electron chi connectivity index (χ2n) is 7.53. The zero-order valence-corrected chi connectivity index (χ0v) is 16.9. The number of carbonyl (C=O) groups excluding carboxylic acids is 1. The quantitative estimate of drug-likeness (QED) is 0.833. The van der Waals surface area contributed by atoms with Gasteiger partial charge in [0, 0.05) is 61.4 Å². The first-order valence-corrected chi connectivity index (χ1v) is 10.4. The van der Waals surface area contributed by atoms with Crippen molar-refractivity contribution < 1.29 is 4.79 Å². The summed E-state index contributed by atoms with van der Waals surface area (Å²) in [6.45, 7) is 6.23. The van der Waals surface area contributed by atoms with Crippen molar-refractivity contribution in [1.29, 1.82) is 0 Å². The average Bonchev–Trinajstić information content (AvgIpc) is 3.24. The van der Waals surface area contributed by atoms with Crippen LogP contribution in [0.5, 0.6) is 0 Å². The molecule has 0 spiro atoms. The van der Waals surface area contributed by atoms with Crippen LogP contribution in [0.15, 0.2) is 48.5 Å². The van der Waals surface area contributed by atoms with Crippen LogP contribution >= 0.6 is 11.6 Å². The highest BCUT2D eigenvalue weighted by molar-refractivity contribution is 6.30. The first-order chi connectivity index (χ1) is 13.7. The van der Waals surface area contributed by atoms with E-state index in [9.17, 15) is 4.79 Å². The molecule has 148 valence electrons. The molecule has 28 heavy (non-hydrogen) atoms. The summed E-state index contributed by atoms with van der Waals surface area (Å²) in [5.74, 6) is 0.0464. The normalized spacial score (nSPS) is 17.8. The van der Waals surface area contributed by atoms with Crippen LogP contribution in [0.25, 0.3) is 0 Å². The van der Waals surface area contributed by atoms with Crippen LogP contribution in [0.1, 0.15) is 12.8 Å². The fourth-order valence-corrected chi connectivity index (χ4v) is 4.16. The van der Waals surface area contributed by atoms with Crippen LogP contribution in [0, 0.1) is 0 Å². The zero-order valence-electron chi connectivity index (χ0n) is 16.1. The summed E-state index contributed by atoms with van der Waals surface area (Å²) in [5.41, 5.74) is 3.26. The van der Waals surface area contributed by atoms with Crippen molar-refractivity contribution in [2.24, 2.45) is 0 Å². The number of carbonyl (C=O) groups is 1. The van der Waals surface area contributed by atoms with Gasteiger partial charge in [-0.1, -0.05) is 17.7 Å². The van der Waals surface area contributed by atoms with Gasteiger partial charge in [0.1, 0.15) is 0 Å². The molecular formula is C22H27ClN4O. The molecule has 5 nitrogen and oxygen atoms in total. The molecule has 2 aliphatic heterocycles. The molecular weight excluding hydrogens is 372 g/mol. The lowest BCUT2D eigenvalue weighted by Gasteiger charge is -2.35. The molecule has 0 radical (unpaired) electrons. The largest absolute Gasteiger partial charge is 0.372 e. The Morgan fingerprint density at radius 2 is 1.54 bits per heavy atom. The Labute approximate surface area is 171 Å². The lowest BCUT2D eigenvalue weighted by molar-refractivity contribution is -0.117. The lowest BCUT2D eigenvalue weighted by Crippen LogP contribution is -2.48. The predicted octanol–water partition coefficient (Wildman–Crippen LogP) is 3.70. The number of piperazine rings is 1. The van der Waals surface area contributed by atoms with E-state index in [-0.39, 0.29) is 5.91 Å². The van der Waals surface area contributed by atoms with Crippen LogP contribution < -0.4 is 15.1 Å². The maximum absolute atomic E-state index is 12.4. The predicted molar refractivity (Wildman–Crippen MR) is 117 cm³/mol. The summed E-state index contributed by atoms with van der Waals surface area (Å²) >= 11 is 6.09. The number of amides is 1. The molecule has 0 aromatic heterocycles. The number of hydrogen-bond donors (Lipinski definition) is 1. The van der Waals surface area contributed by atoms with Crippen LogP contribution in [0.3, 0.4) is 0 Å². The maximum Gasteiger partial charge on any atom is 0.238 e. The Kier molecular flexibility index (Phi) is 6.03. The molecule has 0 bridgehead atoms. The minimum atomic E-state index is 0.0464. The average molecular weight is 399 g/mol. The molecule has 2 aliphatic rings. The van der Waals surface area contributed by atoms with Gasteiger partial charge < -0.3 is 15.1 Å². The number of anilines is 3. The number of halogens is 1. The van der Waals surface area contributed by atoms with Gasteiger partial charge in [-0.25, -0.2) is 0 Å². The zero-order chi connectivity index (χ0) is 19.3. The molecule has 2 aromatic rings. The Bertz CT molecular complexity index is 796. The summed E-state index contributed by atoms with van der Waals surface area (Å²) in [6, 6.07) is 16.2. The maximum atomic E-state index is 12.4. The molecule has 4 rings (SSSR count). The minimum Gasteiger partial charge on any atom is -0.372 e. The number of benzene rings is 2. The van der Waals surface area contributed by atoms with E-state index in [1.165, 1.54) is 18.5 Å². The van der Waals surface area contributed by atoms with E-state index in [1.807, 2.05) is 30.3 Å². The monoisotopic (exact) mass is 398 g/mol. The molecule has 0 aliphatic carbocycles. The van der Waals surface area contributed by atoms with Crippen molar-refractivity contribution >= 4 is 34.6 Å². The van der Waals surface area contributed by atoms with E-state index in [4.69, 9.17) is 11.6 Å². The van der Waals surface area contributed by atoms with Crippen molar-refractivity contribution in [3.05, 3.63) is 53.6 Å². The summed E-state index contributed by atoms with van der Waals surface area (Å²) in [6.07, 6.45) is 2.53. The fourth-order valence-electron chi connectivity index (χ4n) is 3.97. The van der Waals surface area contributed by atoms with Crippen LogP contribution in [0.4, 0.5) is 17.1 Å². The summed E-state index contributed by atoms with van der Waals surface area (Å²) < 4.78 is 0. The Morgan fingerprint density at radius 3 is 2.21 bits per heavy atom. The van der Waals surface area contributed by atoms with Gasteiger partial charge in [0.05, 0.1) is 6.54 Å². The standard InChI is InChI=1S/C22H27ClN4O/c23-18-4-3-5-21(16-18)27-14-12-25(13-15-27)17-22(28)24-19-6-8-20(9-7-19)26-10-1-2-11-26/h3-9,16H,1-2,10-15,17H2,(H,24,28). The van der Waals surface area contributed by atoms with Crippen LogP contribution in [0.2, 0.25) is 5.02 Å². The molecule has 6 heteroatoms. The molecule has 2 fully saturated rings. The van der Waals surface area contributed by atoms with Gasteiger partial charge in [-0.3, -0.25) is 9.69 Å². The van der Waals surface area contributed by atoms with Crippen molar-refractivity contribution in [3.63, 3.8) is 0 Å². The third-order valence-electron chi connectivity index (χ3n) is 5.54. The van der Waals surface area contributed by atoms with E-state index in [0.29, 0.717) is 6.54 Å². The van der Waals surface area contributed by atoms with Crippen LogP contribution in [-0.4, -0.2) is 56.6 Å². The number of nitrogens with one attached hydrogen (secondary N) is 1. The first kappa shape index (κ1) is 19.1. The Hall–Kier alpha value is -2.24. The van der Waals surface area contributed by atoms with Gasteiger partial charge in [0.25, 0.3) is 0 Å². The number of rotatable bonds is 5. The highest BCUT2D eigenvalue weighted by Gasteiger charge is 2.19. The first-order valence-electron chi connectivity index (χ1n) is 10.1. The smallest absolute Gasteiger partial charge is 0.238 e. The molecule has 2 heterocycles. The fraction of sp³-hybridized carbons (Fsp3) is 0.409. The van der Waals surface area contributed by atoms with Gasteiger partial charge in [0.2, 0.25) is 5.91 Å². The topological polar surface area (TPSA) is 38.8 Å². The molecule has 1 N–H and O–H groups in total. The van der Waals surface area contributed by atoms with Crippen LogP contribution in [-0.2, 0) is 4.79 Å². The van der Waals surface area contributed by atoms with Crippen molar-refractivity contribution in [1.82, 2.24) is 4.90 Å². The Morgan fingerprint density at radius 1 is 0.857 bits per heavy atom. The van der Waals surface area contributed by atoms with Gasteiger partial charge in [-0.2, -0.15) is 0 Å². The summed E-state index contributed by atoms with van der Waals surface area (Å²) in [7, 11) is 0. The highest BCUT2D eigenvalue weighted by Crippen LogP contribution is 2.23. The van der Waals surface area contributed by atoms with E-state index in [1.54, 1.807) is 0 Å². The van der Waals surface area contributed by atoms with E-state index >= 15 is 0 Å². The summed E-state index contributed by atoms with van der Waals surface area (Å²) in [4.78, 5) is 19.3. The molecule has 1 amide bonds. The van der Waals surface area contributed by atoms with Gasteiger partial charge in [-0.05, 0) is 55.3 Å². The van der Waals surface area contributed by atoms with Crippen molar-refractivity contribution in [3.8, 4) is 0 Å². The van der Waals surface area contributed by atoms with Gasteiger partial charge in [-0.15, -0.1) is 0 Å². The van der Waals surface area contributed by atoms with E-state index in [0.717, 1.165) is 55.7 Å². The van der Waals surface area contributed by atoms with Crippen molar-refractivity contribution in [2.75, 3.05) is 60.9 Å². The van der Waals surface area contributed by atoms with E-state index < -0.39 is 0 Å². The third-order valence-corrected chi connectivity index (χ3v) is 5.77. The summed E-state index contributed by atoms with van der Waals surface area (Å²) in [5, 5.41) is 3.79. The Balaban J connectivity index is 1.24. The van der Waals surface area contributed by atoms with E-state index in [2.05, 4.69) is 38.2 Å². The second kappa shape index (κ2) is 8.84. The van der Waals surface area contributed by atoms with Crippen molar-refractivity contribution in [2.45, 2.75) is 12.8 Å². The number of nitrogens with zero attached hydrogens (tertiary/aromatic N) is 3. The molecule has 0 unspecified atom stereocenters. The minimum absolute atomic E-state index is 0.0464. The molecule has 2 saturated heterocycles. The SMILES string of the molecule is O=C(CN1CCN(c2cccc(Cl)c2)CC1)Nc1ccc(N2CCCC2)cc1.